The SMILES string of the molecule is CCOc1ncc(-c2ccn(C)n2)cc1N.CCOc1ncc(-c2ccn(C)n2)cc1[N+](=O)[O-].CCOc1ncc(B2OC(C)(C)C(C)(C)O2)cc1[N+](=O)[O-].CCOc1ncc(Br)cc1[N+](=O)[O-].Cn1ccc(Br)n1.O=[N+]([O-])c1cc(Br)cnc1Cl. The molecule has 1 saturated heterocycles. The van der Waals surface area contributed by atoms with Gasteiger partial charge in [-0.3, -0.25) is 54.5 Å². The molecule has 9 rings (SSSR count). The first-order valence-electron chi connectivity index (χ1n) is 25.4. The summed E-state index contributed by atoms with van der Waals surface area (Å²) in [5, 5.41) is 55.1. The summed E-state index contributed by atoms with van der Waals surface area (Å²) in [7, 11) is 4.84. The number of aryl methyl sites for hydroxylation is 3. The topological polar surface area (TPSA) is 372 Å². The van der Waals surface area contributed by atoms with Crippen molar-refractivity contribution in [2.24, 2.45) is 21.1 Å². The van der Waals surface area contributed by atoms with Crippen molar-refractivity contribution in [2.75, 3.05) is 32.2 Å². The van der Waals surface area contributed by atoms with Crippen LogP contribution in [0.3, 0.4) is 0 Å². The fraction of sp³-hybridized carbons (Fsp3) is 0.333. The summed E-state index contributed by atoms with van der Waals surface area (Å²) in [6.07, 6.45) is 13.1. The van der Waals surface area contributed by atoms with Crippen molar-refractivity contribution in [3.8, 4) is 46.0 Å². The van der Waals surface area contributed by atoms with Gasteiger partial charge < -0.3 is 34.0 Å². The summed E-state index contributed by atoms with van der Waals surface area (Å²) in [6.45, 7) is 16.4. The van der Waals surface area contributed by atoms with Crippen LogP contribution >= 0.6 is 59.4 Å². The van der Waals surface area contributed by atoms with Gasteiger partial charge in [0.2, 0.25) is 11.0 Å². The molecule has 8 aromatic rings. The number of pyridine rings is 5. The lowest BCUT2D eigenvalue weighted by atomic mass is 9.80. The smallest absolute Gasteiger partial charge is 0.477 e. The summed E-state index contributed by atoms with van der Waals surface area (Å²) in [5.41, 5.74) is 8.15. The highest BCUT2D eigenvalue weighted by atomic mass is 79.9. The molecule has 8 aromatic heterocycles. The number of halogens is 4. The summed E-state index contributed by atoms with van der Waals surface area (Å²) in [5.74, 6) is 0.558. The standard InChI is InChI=1S/C13H19BN2O5.C11H12N4O3.C11H14N4O.C7H7BrN2O3.C5H2BrClN2O2.C4H5BrN2/c1-6-19-11-10(16(17)18)7-9(8-15-11)14-20-12(2,3)13(4,5)21-14;1-3-18-11-10(15(16)17)6-8(7-12-11)9-4-5-14(2)13-9;1-3-16-11-9(12)6-8(7-13-11)10-4-5-15(2)14-10;1-2-13-7-6(10(11)12)3-5(8)4-9-7;6-3-1-4(9(10)11)5(7)8-2-3;1-7-3-2-4(5)6-7/h7-8H,6H2,1-5H3;4-7H,3H2,1-2H3;4-7H,3,12H2,1-2H3;3-4H,2H2,1H3;1-2H;2-3H,1H3. The Balaban J connectivity index is 0.000000227. The maximum atomic E-state index is 11.1. The molecule has 0 unspecified atom stereocenters. The monoisotopic (exact) mass is 1400 g/mol. The van der Waals surface area contributed by atoms with Crippen LogP contribution in [0.5, 0.6) is 23.5 Å². The lowest BCUT2D eigenvalue weighted by Gasteiger charge is -2.32. The molecule has 2 N–H and O–H groups in total. The molecule has 0 aliphatic carbocycles. The minimum atomic E-state index is -0.683. The van der Waals surface area contributed by atoms with Crippen LogP contribution in [0.15, 0.2) is 112 Å². The van der Waals surface area contributed by atoms with Crippen molar-refractivity contribution >= 4 is 100 Å². The van der Waals surface area contributed by atoms with Crippen molar-refractivity contribution in [3.63, 3.8) is 0 Å². The van der Waals surface area contributed by atoms with Gasteiger partial charge in [0.15, 0.2) is 0 Å². The number of rotatable bonds is 15. The number of nitrogens with two attached hydrogens (primary N) is 1. The van der Waals surface area contributed by atoms with Crippen molar-refractivity contribution in [3.05, 3.63) is 157 Å². The minimum Gasteiger partial charge on any atom is -0.477 e. The van der Waals surface area contributed by atoms with Crippen LogP contribution in [0.4, 0.5) is 28.4 Å². The number of nitro groups is 4. The van der Waals surface area contributed by atoms with E-state index in [0.717, 1.165) is 15.9 Å². The fourth-order valence-electron chi connectivity index (χ4n) is 6.63. The third-order valence-electron chi connectivity index (χ3n) is 11.3. The zero-order valence-corrected chi connectivity index (χ0v) is 53.7. The zero-order chi connectivity index (χ0) is 64.1. The van der Waals surface area contributed by atoms with Crippen molar-refractivity contribution in [1.82, 2.24) is 54.3 Å². The second kappa shape index (κ2) is 32.8. The quantitative estimate of drug-likeness (QED) is 0.0431. The van der Waals surface area contributed by atoms with E-state index in [2.05, 4.69) is 88.0 Å². The van der Waals surface area contributed by atoms with Crippen molar-refractivity contribution < 1.29 is 47.9 Å². The highest BCUT2D eigenvalue weighted by Gasteiger charge is 2.52. The Bertz CT molecular complexity index is 3560. The van der Waals surface area contributed by atoms with Crippen LogP contribution < -0.4 is 30.1 Å². The second-order valence-corrected chi connectivity index (χ2v) is 21.1. The van der Waals surface area contributed by atoms with Gasteiger partial charge >= 0.3 is 29.9 Å². The summed E-state index contributed by atoms with van der Waals surface area (Å²) >= 11 is 14.7. The van der Waals surface area contributed by atoms with Gasteiger partial charge in [0.1, 0.15) is 4.60 Å². The first-order chi connectivity index (χ1) is 40.5. The molecule has 9 heterocycles. The molecule has 0 aromatic carbocycles. The van der Waals surface area contributed by atoms with Crippen LogP contribution in [0, 0.1) is 40.5 Å². The van der Waals surface area contributed by atoms with Crippen LogP contribution in [0.1, 0.15) is 55.4 Å². The first kappa shape index (κ1) is 70.2. The molecule has 0 radical (unpaired) electrons. The molecule has 0 amide bonds. The van der Waals surface area contributed by atoms with E-state index >= 15 is 0 Å². The maximum Gasteiger partial charge on any atom is 0.496 e. The van der Waals surface area contributed by atoms with Crippen molar-refractivity contribution in [1.29, 1.82) is 0 Å². The van der Waals surface area contributed by atoms with Gasteiger partial charge in [-0.2, -0.15) is 15.3 Å². The zero-order valence-electron chi connectivity index (χ0n) is 48.2. The molecule has 1 aliphatic rings. The number of hydrogen-bond acceptors (Lipinski definition) is 23. The summed E-state index contributed by atoms with van der Waals surface area (Å²) in [6, 6.07) is 12.9. The van der Waals surface area contributed by atoms with Gasteiger partial charge in [-0.05, 0) is 127 Å². The van der Waals surface area contributed by atoms with E-state index in [1.54, 1.807) is 60.3 Å². The van der Waals surface area contributed by atoms with E-state index < -0.39 is 38.0 Å². The number of nitrogen functional groups attached to an aromatic ring is 1. The highest BCUT2D eigenvalue weighted by molar-refractivity contribution is 9.11. The Morgan fingerprint density at radius 2 is 0.907 bits per heavy atom. The largest absolute Gasteiger partial charge is 0.496 e. The van der Waals surface area contributed by atoms with Crippen molar-refractivity contribution in [2.45, 2.75) is 66.6 Å². The Kier molecular flexibility index (Phi) is 26.8. The Labute approximate surface area is 522 Å². The van der Waals surface area contributed by atoms with E-state index in [-0.39, 0.29) is 45.5 Å². The summed E-state index contributed by atoms with van der Waals surface area (Å²) in [4.78, 5) is 60.2. The third kappa shape index (κ3) is 20.7. The van der Waals surface area contributed by atoms with E-state index in [4.69, 9.17) is 45.6 Å². The number of nitrogens with zero attached hydrogens (tertiary/aromatic N) is 15. The van der Waals surface area contributed by atoms with E-state index in [9.17, 15) is 40.5 Å². The molecule has 458 valence electrons. The second-order valence-electron chi connectivity index (χ2n) is 18.1. The number of ether oxygens (including phenoxy) is 4. The van der Waals surface area contributed by atoms with Gasteiger partial charge in [0.05, 0.1) is 74.4 Å². The van der Waals surface area contributed by atoms with E-state index in [1.165, 1.54) is 49.1 Å². The molecule has 30 nitrogen and oxygen atoms in total. The molecule has 0 atom stereocenters. The van der Waals surface area contributed by atoms with E-state index in [1.807, 2.05) is 79.3 Å². The van der Waals surface area contributed by atoms with Gasteiger partial charge in [0, 0.05) is 121 Å². The van der Waals surface area contributed by atoms with Gasteiger partial charge in [-0.25, -0.2) is 24.9 Å². The van der Waals surface area contributed by atoms with Crippen LogP contribution in [-0.4, -0.2) is 119 Å². The first-order valence-corrected chi connectivity index (χ1v) is 28.1. The van der Waals surface area contributed by atoms with Gasteiger partial charge in [-0.1, -0.05) is 11.6 Å². The predicted octanol–water partition coefficient (Wildman–Crippen LogP) is 10.7. The van der Waals surface area contributed by atoms with Gasteiger partial charge in [0.25, 0.3) is 17.6 Å². The number of aromatic nitrogens is 11. The number of anilines is 1. The van der Waals surface area contributed by atoms with Gasteiger partial charge in [-0.15, -0.1) is 0 Å². The Morgan fingerprint density at radius 3 is 1.29 bits per heavy atom. The van der Waals surface area contributed by atoms with Crippen LogP contribution in [-0.2, 0) is 30.5 Å². The molecule has 1 fully saturated rings. The fourth-order valence-corrected chi connectivity index (χ4v) is 7.81. The Hall–Kier alpha value is -8.31. The molecular formula is C51H59BBr3ClN16O14. The molecule has 0 spiro atoms. The lowest BCUT2D eigenvalue weighted by molar-refractivity contribution is -0.386. The highest BCUT2D eigenvalue weighted by Crippen LogP contribution is 2.37. The summed E-state index contributed by atoms with van der Waals surface area (Å²) < 4.78 is 39.3. The maximum absolute atomic E-state index is 11.1. The normalized spacial score (nSPS) is 12.3. The minimum absolute atomic E-state index is 0.00256. The van der Waals surface area contributed by atoms with Crippen LogP contribution in [0.25, 0.3) is 22.5 Å². The average Bonchev–Trinajstić information content (AvgIpc) is 1.93. The Morgan fingerprint density at radius 1 is 0.535 bits per heavy atom. The van der Waals surface area contributed by atoms with E-state index in [0.29, 0.717) is 63.7 Å². The number of hydrogen-bond donors (Lipinski definition) is 1. The molecule has 0 bridgehead atoms. The molecule has 1 aliphatic heterocycles. The molecule has 0 saturated carbocycles. The third-order valence-corrected chi connectivity index (χ3v) is 12.9. The molecular weight excluding hydrogens is 1350 g/mol. The molecule has 86 heavy (non-hydrogen) atoms. The lowest BCUT2D eigenvalue weighted by Crippen LogP contribution is -2.41. The van der Waals surface area contributed by atoms with Crippen LogP contribution in [0.2, 0.25) is 5.15 Å². The molecule has 35 heteroatoms. The average molecular weight is 1410 g/mol. The predicted molar refractivity (Wildman–Crippen MR) is 328 cm³/mol.